The lowest BCUT2D eigenvalue weighted by molar-refractivity contribution is 0.277. The van der Waals surface area contributed by atoms with Gasteiger partial charge in [0.2, 0.25) is 17.8 Å². The lowest BCUT2D eigenvalue weighted by Crippen LogP contribution is -2.35. The highest BCUT2D eigenvalue weighted by atomic mass is 15.3. The number of hydrogen-bond acceptors (Lipinski definition) is 7. The SMILES string of the molecule is CCN1CCCC1CNc1nc(Nc2ccccc2)nc(NC2CCCCCC2)n1. The Morgan fingerprint density at radius 3 is 2.37 bits per heavy atom. The Morgan fingerprint density at radius 2 is 1.60 bits per heavy atom. The molecule has 2 heterocycles. The van der Waals surface area contributed by atoms with Crippen LogP contribution in [0.25, 0.3) is 0 Å². The van der Waals surface area contributed by atoms with Gasteiger partial charge in [-0.15, -0.1) is 0 Å². The molecule has 0 radical (unpaired) electrons. The second kappa shape index (κ2) is 10.6. The van der Waals surface area contributed by atoms with Crippen LogP contribution in [0.5, 0.6) is 0 Å². The van der Waals surface area contributed by atoms with Crippen LogP contribution in [0, 0.1) is 0 Å². The van der Waals surface area contributed by atoms with Gasteiger partial charge in [-0.1, -0.05) is 50.8 Å². The van der Waals surface area contributed by atoms with Crippen molar-refractivity contribution < 1.29 is 0 Å². The van der Waals surface area contributed by atoms with Crippen LogP contribution in [0.3, 0.4) is 0 Å². The second-order valence-electron chi connectivity index (χ2n) is 8.44. The third-order valence-corrected chi connectivity index (χ3v) is 6.25. The molecule has 4 rings (SSSR count). The highest BCUT2D eigenvalue weighted by molar-refractivity contribution is 5.55. The smallest absolute Gasteiger partial charge is 0.233 e. The topological polar surface area (TPSA) is 78.0 Å². The van der Waals surface area contributed by atoms with E-state index in [1.807, 2.05) is 30.3 Å². The van der Waals surface area contributed by atoms with Crippen molar-refractivity contribution in [2.24, 2.45) is 0 Å². The summed E-state index contributed by atoms with van der Waals surface area (Å²) in [7, 11) is 0. The number of likely N-dealkylation sites (tertiary alicyclic amines) is 1. The number of nitrogens with one attached hydrogen (secondary N) is 3. The van der Waals surface area contributed by atoms with Crippen molar-refractivity contribution >= 4 is 23.5 Å². The summed E-state index contributed by atoms with van der Waals surface area (Å²) in [5.41, 5.74) is 0.975. The van der Waals surface area contributed by atoms with Gasteiger partial charge in [0.05, 0.1) is 0 Å². The van der Waals surface area contributed by atoms with Crippen molar-refractivity contribution in [2.45, 2.75) is 70.4 Å². The molecule has 30 heavy (non-hydrogen) atoms. The zero-order valence-electron chi connectivity index (χ0n) is 18.1. The first kappa shape index (κ1) is 20.8. The number of benzene rings is 1. The summed E-state index contributed by atoms with van der Waals surface area (Å²) in [6.07, 6.45) is 10.1. The highest BCUT2D eigenvalue weighted by Gasteiger charge is 2.23. The van der Waals surface area contributed by atoms with Gasteiger partial charge in [-0.3, -0.25) is 4.90 Å². The predicted octanol–water partition coefficient (Wildman–Crippen LogP) is 4.65. The zero-order chi connectivity index (χ0) is 20.6. The van der Waals surface area contributed by atoms with Crippen LogP contribution < -0.4 is 16.0 Å². The molecule has 2 aliphatic rings. The maximum absolute atomic E-state index is 4.71. The van der Waals surface area contributed by atoms with Gasteiger partial charge in [0.25, 0.3) is 0 Å². The van der Waals surface area contributed by atoms with Gasteiger partial charge in [0.1, 0.15) is 0 Å². The quantitative estimate of drug-likeness (QED) is 0.548. The largest absolute Gasteiger partial charge is 0.352 e. The van der Waals surface area contributed by atoms with E-state index >= 15 is 0 Å². The van der Waals surface area contributed by atoms with Crippen molar-refractivity contribution in [3.05, 3.63) is 30.3 Å². The molecule has 1 aliphatic heterocycles. The molecule has 1 aromatic carbocycles. The lowest BCUT2D eigenvalue weighted by atomic mass is 10.1. The molecule has 1 saturated heterocycles. The van der Waals surface area contributed by atoms with Crippen molar-refractivity contribution in [3.63, 3.8) is 0 Å². The monoisotopic (exact) mass is 409 g/mol. The minimum absolute atomic E-state index is 0.442. The molecule has 3 N–H and O–H groups in total. The predicted molar refractivity (Wildman–Crippen MR) is 123 cm³/mol. The molecule has 162 valence electrons. The van der Waals surface area contributed by atoms with Crippen LogP contribution in [-0.4, -0.2) is 51.6 Å². The fourth-order valence-electron chi connectivity index (χ4n) is 4.58. The third kappa shape index (κ3) is 5.81. The standard InChI is InChI=1S/C23H35N7/c1-2-30-16-10-15-20(30)17-24-21-27-22(25-18-11-6-3-4-7-12-18)29-23(28-21)26-19-13-8-5-9-14-19/h5,8-9,13-14,18,20H,2-4,6-7,10-12,15-17H2,1H3,(H3,24,25,26,27,28,29). The van der Waals surface area contributed by atoms with Gasteiger partial charge < -0.3 is 16.0 Å². The number of anilines is 4. The fraction of sp³-hybridized carbons (Fsp3) is 0.609. The molecule has 2 aromatic rings. The van der Waals surface area contributed by atoms with E-state index in [2.05, 4.69) is 37.7 Å². The summed E-state index contributed by atoms with van der Waals surface area (Å²) in [5, 5.41) is 10.4. The van der Waals surface area contributed by atoms with E-state index in [1.54, 1.807) is 0 Å². The van der Waals surface area contributed by atoms with Crippen LogP contribution in [0.1, 0.15) is 58.3 Å². The molecular weight excluding hydrogens is 374 g/mol. The van der Waals surface area contributed by atoms with Crippen LogP contribution in [0.15, 0.2) is 30.3 Å². The summed E-state index contributed by atoms with van der Waals surface area (Å²) in [5.74, 6) is 1.88. The Bertz CT molecular complexity index is 774. The minimum Gasteiger partial charge on any atom is -0.352 e. The maximum Gasteiger partial charge on any atom is 0.233 e. The Hall–Kier alpha value is -2.41. The van der Waals surface area contributed by atoms with E-state index in [9.17, 15) is 0 Å². The number of likely N-dealkylation sites (N-methyl/N-ethyl adjacent to an activating group) is 1. The fourth-order valence-corrected chi connectivity index (χ4v) is 4.58. The minimum atomic E-state index is 0.442. The van der Waals surface area contributed by atoms with Gasteiger partial charge in [0.15, 0.2) is 0 Å². The van der Waals surface area contributed by atoms with Crippen molar-refractivity contribution in [1.82, 2.24) is 19.9 Å². The highest BCUT2D eigenvalue weighted by Crippen LogP contribution is 2.22. The van der Waals surface area contributed by atoms with Crippen molar-refractivity contribution in [3.8, 4) is 0 Å². The summed E-state index contributed by atoms with van der Waals surface area (Å²) >= 11 is 0. The van der Waals surface area contributed by atoms with Gasteiger partial charge in [-0.2, -0.15) is 15.0 Å². The molecule has 7 heteroatoms. The number of hydrogen-bond donors (Lipinski definition) is 3. The summed E-state index contributed by atoms with van der Waals surface area (Å²) in [4.78, 5) is 16.6. The zero-order valence-corrected chi connectivity index (χ0v) is 18.1. The van der Waals surface area contributed by atoms with Gasteiger partial charge in [0, 0.05) is 24.3 Å². The normalized spacial score (nSPS) is 20.6. The molecule has 1 aliphatic carbocycles. The summed E-state index contributed by atoms with van der Waals surface area (Å²) in [6, 6.07) is 11.1. The Morgan fingerprint density at radius 1 is 0.867 bits per heavy atom. The Balaban J connectivity index is 1.49. The van der Waals surface area contributed by atoms with E-state index < -0.39 is 0 Å². The average Bonchev–Trinajstić information content (AvgIpc) is 3.08. The molecule has 1 aromatic heterocycles. The Kier molecular flexibility index (Phi) is 7.34. The average molecular weight is 410 g/mol. The van der Waals surface area contributed by atoms with Crippen molar-refractivity contribution in [2.75, 3.05) is 35.6 Å². The number of aromatic nitrogens is 3. The molecule has 0 bridgehead atoms. The van der Waals surface area contributed by atoms with E-state index in [0.717, 1.165) is 18.8 Å². The van der Waals surface area contributed by atoms with Crippen LogP contribution in [0.2, 0.25) is 0 Å². The second-order valence-corrected chi connectivity index (χ2v) is 8.44. The molecule has 1 saturated carbocycles. The summed E-state index contributed by atoms with van der Waals surface area (Å²) in [6.45, 7) is 5.39. The van der Waals surface area contributed by atoms with Gasteiger partial charge >= 0.3 is 0 Å². The number of para-hydroxylation sites is 1. The summed E-state index contributed by atoms with van der Waals surface area (Å²) < 4.78 is 0. The maximum atomic E-state index is 4.71. The molecule has 2 fully saturated rings. The molecule has 1 unspecified atom stereocenters. The van der Waals surface area contributed by atoms with Crippen LogP contribution in [0.4, 0.5) is 23.5 Å². The van der Waals surface area contributed by atoms with E-state index in [-0.39, 0.29) is 0 Å². The Labute approximate surface area is 180 Å². The molecule has 0 spiro atoms. The van der Waals surface area contributed by atoms with Gasteiger partial charge in [-0.05, 0) is 50.9 Å². The molecule has 7 nitrogen and oxygen atoms in total. The van der Waals surface area contributed by atoms with Gasteiger partial charge in [-0.25, -0.2) is 0 Å². The first-order valence-corrected chi connectivity index (χ1v) is 11.6. The first-order valence-electron chi connectivity index (χ1n) is 11.6. The first-order chi connectivity index (χ1) is 14.8. The van der Waals surface area contributed by atoms with Crippen molar-refractivity contribution in [1.29, 1.82) is 0 Å². The van der Waals surface area contributed by atoms with Crippen LogP contribution >= 0.6 is 0 Å². The van der Waals surface area contributed by atoms with E-state index in [0.29, 0.717) is 29.9 Å². The third-order valence-electron chi connectivity index (χ3n) is 6.25. The molecule has 0 amide bonds. The van der Waals surface area contributed by atoms with E-state index in [1.165, 1.54) is 57.9 Å². The lowest BCUT2D eigenvalue weighted by Gasteiger charge is -2.23. The van der Waals surface area contributed by atoms with Crippen LogP contribution in [-0.2, 0) is 0 Å². The number of rotatable bonds is 8. The van der Waals surface area contributed by atoms with E-state index in [4.69, 9.17) is 4.98 Å². The number of nitrogens with zero attached hydrogens (tertiary/aromatic N) is 4. The molecular formula is C23H35N7. The molecule has 1 atom stereocenters.